The molecule has 2 N–H and O–H groups in total. The first kappa shape index (κ1) is 18.3. The summed E-state index contributed by atoms with van der Waals surface area (Å²) >= 11 is 0. The molecule has 0 amide bonds. The number of fused-ring (bicyclic) bond motifs is 2. The molecule has 0 radical (unpaired) electrons. The first-order valence-electron chi connectivity index (χ1n) is 9.97. The molecule has 0 saturated heterocycles. The fraction of sp³-hybridized carbons (Fsp3) is 0.120. The second-order valence-electron chi connectivity index (χ2n) is 7.48. The van der Waals surface area contributed by atoms with E-state index in [1.165, 1.54) is 0 Å². The molecule has 30 heavy (non-hydrogen) atoms. The molecule has 2 heterocycles. The Labute approximate surface area is 174 Å². The van der Waals surface area contributed by atoms with Crippen LogP contribution in [0.25, 0.3) is 21.9 Å². The highest BCUT2D eigenvalue weighted by atomic mass is 16.1. The topological polar surface area (TPSA) is 65.8 Å². The molecule has 0 aliphatic carbocycles. The number of nitrogens with zero attached hydrogens (tertiary/aromatic N) is 3. The van der Waals surface area contributed by atoms with Crippen LogP contribution in [0.1, 0.15) is 22.9 Å². The zero-order valence-corrected chi connectivity index (χ0v) is 16.7. The molecule has 1 unspecified atom stereocenters. The summed E-state index contributed by atoms with van der Waals surface area (Å²) < 4.78 is 3.81. The van der Waals surface area contributed by atoms with Crippen LogP contribution in [-0.4, -0.2) is 14.1 Å². The van der Waals surface area contributed by atoms with Crippen molar-refractivity contribution >= 4 is 21.9 Å². The lowest BCUT2D eigenvalue weighted by atomic mass is 10.0. The Morgan fingerprint density at radius 2 is 1.70 bits per heavy atom. The predicted octanol–water partition coefficient (Wildman–Crippen LogP) is 3.98. The lowest BCUT2D eigenvalue weighted by Crippen LogP contribution is -2.28. The SMILES string of the molecule is Cn1c(=O)c(C(c2cccc(CN)c2)n2ccc3ccccc32)nc2ccccc21. The number of aromatic nitrogens is 3. The van der Waals surface area contributed by atoms with Gasteiger partial charge in [0.15, 0.2) is 0 Å². The van der Waals surface area contributed by atoms with Crippen LogP contribution in [0.4, 0.5) is 0 Å². The van der Waals surface area contributed by atoms with E-state index >= 15 is 0 Å². The van der Waals surface area contributed by atoms with Crippen LogP contribution in [0.2, 0.25) is 0 Å². The molecule has 2 aromatic heterocycles. The third kappa shape index (κ3) is 2.91. The number of hydrogen-bond donors (Lipinski definition) is 1. The van der Waals surface area contributed by atoms with Crippen LogP contribution in [0.3, 0.4) is 0 Å². The summed E-state index contributed by atoms with van der Waals surface area (Å²) in [5.74, 6) is 0. The van der Waals surface area contributed by atoms with E-state index in [0.717, 1.165) is 33.1 Å². The van der Waals surface area contributed by atoms with Gasteiger partial charge in [-0.15, -0.1) is 0 Å². The summed E-state index contributed by atoms with van der Waals surface area (Å²) in [6.45, 7) is 0.441. The Morgan fingerprint density at radius 3 is 2.53 bits per heavy atom. The lowest BCUT2D eigenvalue weighted by molar-refractivity contribution is 0.662. The molecule has 1 atom stereocenters. The molecule has 0 fully saturated rings. The number of rotatable bonds is 4. The molecular weight excluding hydrogens is 372 g/mol. The minimum atomic E-state index is -0.361. The van der Waals surface area contributed by atoms with Crippen molar-refractivity contribution in [1.29, 1.82) is 0 Å². The van der Waals surface area contributed by atoms with Gasteiger partial charge in [0.1, 0.15) is 11.7 Å². The van der Waals surface area contributed by atoms with Crippen LogP contribution < -0.4 is 11.3 Å². The van der Waals surface area contributed by atoms with Crippen LogP contribution in [-0.2, 0) is 13.6 Å². The van der Waals surface area contributed by atoms with Gasteiger partial charge in [0.25, 0.3) is 5.56 Å². The maximum atomic E-state index is 13.4. The van der Waals surface area contributed by atoms with Crippen LogP contribution >= 0.6 is 0 Å². The normalized spacial score (nSPS) is 12.5. The van der Waals surface area contributed by atoms with Crippen LogP contribution in [0.15, 0.2) is 89.9 Å². The van der Waals surface area contributed by atoms with Crippen molar-refractivity contribution in [2.75, 3.05) is 0 Å². The van der Waals surface area contributed by atoms with E-state index in [2.05, 4.69) is 28.8 Å². The van der Waals surface area contributed by atoms with Crippen molar-refractivity contribution in [3.05, 3.63) is 112 Å². The minimum Gasteiger partial charge on any atom is -0.334 e. The maximum absolute atomic E-state index is 13.4. The Morgan fingerprint density at radius 1 is 0.933 bits per heavy atom. The van der Waals surface area contributed by atoms with E-state index in [1.807, 2.05) is 60.8 Å². The molecule has 5 aromatic rings. The lowest BCUT2D eigenvalue weighted by Gasteiger charge is -2.22. The number of para-hydroxylation sites is 3. The third-order valence-corrected chi connectivity index (χ3v) is 5.68. The van der Waals surface area contributed by atoms with E-state index in [-0.39, 0.29) is 11.6 Å². The molecular formula is C25H22N4O. The van der Waals surface area contributed by atoms with Crippen molar-refractivity contribution in [2.45, 2.75) is 12.6 Å². The maximum Gasteiger partial charge on any atom is 0.275 e. The number of hydrogen-bond acceptors (Lipinski definition) is 3. The minimum absolute atomic E-state index is 0.102. The monoisotopic (exact) mass is 394 g/mol. The van der Waals surface area contributed by atoms with Gasteiger partial charge in [-0.1, -0.05) is 54.6 Å². The average molecular weight is 394 g/mol. The molecule has 148 valence electrons. The van der Waals surface area contributed by atoms with Gasteiger partial charge in [-0.25, -0.2) is 4.98 Å². The number of nitrogens with two attached hydrogens (primary N) is 1. The molecule has 0 spiro atoms. The summed E-state index contributed by atoms with van der Waals surface area (Å²) in [6, 6.07) is 25.7. The van der Waals surface area contributed by atoms with E-state index in [9.17, 15) is 4.79 Å². The highest BCUT2D eigenvalue weighted by Gasteiger charge is 2.24. The van der Waals surface area contributed by atoms with Crippen molar-refractivity contribution in [3.63, 3.8) is 0 Å². The van der Waals surface area contributed by atoms with E-state index in [1.54, 1.807) is 11.6 Å². The fourth-order valence-corrected chi connectivity index (χ4v) is 4.15. The summed E-state index contributed by atoms with van der Waals surface area (Å²) in [6.07, 6.45) is 2.03. The fourth-order valence-electron chi connectivity index (χ4n) is 4.15. The molecule has 0 aliphatic heterocycles. The van der Waals surface area contributed by atoms with Gasteiger partial charge in [-0.2, -0.15) is 0 Å². The van der Waals surface area contributed by atoms with Crippen LogP contribution in [0, 0.1) is 0 Å². The molecule has 5 rings (SSSR count). The first-order valence-corrected chi connectivity index (χ1v) is 9.97. The van der Waals surface area contributed by atoms with Crippen molar-refractivity contribution in [2.24, 2.45) is 12.8 Å². The molecule has 0 aliphatic rings. The van der Waals surface area contributed by atoms with Gasteiger partial charge in [-0.3, -0.25) is 4.79 Å². The van der Waals surface area contributed by atoms with Gasteiger partial charge >= 0.3 is 0 Å². The highest BCUT2D eigenvalue weighted by molar-refractivity contribution is 5.80. The van der Waals surface area contributed by atoms with Gasteiger partial charge in [0, 0.05) is 25.3 Å². The van der Waals surface area contributed by atoms with Gasteiger partial charge in [-0.05, 0) is 40.8 Å². The Bertz CT molecular complexity index is 1430. The second-order valence-corrected chi connectivity index (χ2v) is 7.48. The molecule has 0 saturated carbocycles. The smallest absolute Gasteiger partial charge is 0.275 e. The summed E-state index contributed by atoms with van der Waals surface area (Å²) in [4.78, 5) is 18.3. The summed E-state index contributed by atoms with van der Waals surface area (Å²) in [7, 11) is 1.80. The van der Waals surface area contributed by atoms with Crippen molar-refractivity contribution in [1.82, 2.24) is 14.1 Å². The van der Waals surface area contributed by atoms with Crippen LogP contribution in [0.5, 0.6) is 0 Å². The third-order valence-electron chi connectivity index (χ3n) is 5.68. The second kappa shape index (κ2) is 7.28. The standard InChI is InChI=1S/C25H22N4O/c1-28-22-12-5-3-10-20(22)27-23(25(28)30)24(19-9-6-7-17(15-19)16-26)29-14-13-18-8-2-4-11-21(18)29/h2-15,24H,16,26H2,1H3. The van der Waals surface area contributed by atoms with Gasteiger partial charge < -0.3 is 14.9 Å². The Kier molecular flexibility index (Phi) is 4.45. The van der Waals surface area contributed by atoms with E-state index < -0.39 is 0 Å². The Hall–Kier alpha value is -3.70. The summed E-state index contributed by atoms with van der Waals surface area (Å²) in [5, 5.41) is 1.12. The zero-order chi connectivity index (χ0) is 20.7. The molecule has 3 aromatic carbocycles. The molecule has 5 nitrogen and oxygen atoms in total. The predicted molar refractivity (Wildman–Crippen MR) is 120 cm³/mol. The number of aryl methyl sites for hydroxylation is 1. The highest BCUT2D eigenvalue weighted by Crippen LogP contribution is 2.30. The quantitative estimate of drug-likeness (QED) is 0.501. The average Bonchev–Trinajstić information content (AvgIpc) is 3.21. The van der Waals surface area contributed by atoms with Gasteiger partial charge in [0.05, 0.1) is 11.0 Å². The number of benzene rings is 3. The summed E-state index contributed by atoms with van der Waals surface area (Å²) in [5.41, 5.74) is 11.0. The largest absolute Gasteiger partial charge is 0.334 e. The zero-order valence-electron chi connectivity index (χ0n) is 16.7. The molecule has 5 heteroatoms. The first-order chi connectivity index (χ1) is 14.7. The van der Waals surface area contributed by atoms with Crippen molar-refractivity contribution < 1.29 is 0 Å². The van der Waals surface area contributed by atoms with Crippen molar-refractivity contribution in [3.8, 4) is 0 Å². The molecule has 0 bridgehead atoms. The van der Waals surface area contributed by atoms with E-state index in [4.69, 9.17) is 10.7 Å². The Balaban J connectivity index is 1.84. The van der Waals surface area contributed by atoms with E-state index in [0.29, 0.717) is 12.2 Å². The van der Waals surface area contributed by atoms with Gasteiger partial charge in [0.2, 0.25) is 0 Å².